The molecule has 0 aromatic heterocycles. The predicted molar refractivity (Wildman–Crippen MR) is 60.9 cm³/mol. The molecular formula is C11H11BrO4. The summed E-state index contributed by atoms with van der Waals surface area (Å²) in [5.41, 5.74) is -0.144. The fraction of sp³-hybridized carbons (Fsp3) is 0.364. The van der Waals surface area contributed by atoms with E-state index in [4.69, 9.17) is 4.74 Å². The molecule has 5 heteroatoms. The highest BCUT2D eigenvalue weighted by molar-refractivity contribution is 9.10. The Labute approximate surface area is 101 Å². The van der Waals surface area contributed by atoms with Crippen molar-refractivity contribution in [1.82, 2.24) is 0 Å². The van der Waals surface area contributed by atoms with Crippen molar-refractivity contribution in [2.75, 3.05) is 7.11 Å². The molecule has 1 fully saturated rings. The smallest absolute Gasteiger partial charge is 0.314 e. The summed E-state index contributed by atoms with van der Waals surface area (Å²) in [6.45, 7) is 0. The van der Waals surface area contributed by atoms with E-state index in [-0.39, 0.29) is 5.75 Å². The number of carbonyl (C=O) groups is 1. The van der Waals surface area contributed by atoms with Gasteiger partial charge in [-0.15, -0.1) is 0 Å². The number of carboxylic acids is 1. The van der Waals surface area contributed by atoms with Gasteiger partial charge in [0.1, 0.15) is 0 Å². The van der Waals surface area contributed by atoms with Crippen molar-refractivity contribution in [2.24, 2.45) is 0 Å². The van der Waals surface area contributed by atoms with Gasteiger partial charge in [0.05, 0.1) is 12.5 Å². The lowest BCUT2D eigenvalue weighted by atomic mass is 9.96. The molecule has 0 amide bonds. The van der Waals surface area contributed by atoms with E-state index < -0.39 is 11.4 Å². The summed E-state index contributed by atoms with van der Waals surface area (Å²) in [7, 11) is 1.44. The molecule has 1 saturated carbocycles. The normalized spacial score (nSPS) is 16.9. The minimum atomic E-state index is -0.832. The lowest BCUT2D eigenvalue weighted by Crippen LogP contribution is -2.20. The van der Waals surface area contributed by atoms with Crippen molar-refractivity contribution < 1.29 is 19.7 Å². The largest absolute Gasteiger partial charge is 0.504 e. The Bertz CT molecular complexity index is 452. The summed E-state index contributed by atoms with van der Waals surface area (Å²) in [5, 5.41) is 18.7. The number of rotatable bonds is 3. The lowest BCUT2D eigenvalue weighted by Gasteiger charge is -2.14. The fourth-order valence-electron chi connectivity index (χ4n) is 1.80. The second kappa shape index (κ2) is 3.66. The number of benzene rings is 1. The molecule has 0 unspecified atom stereocenters. The SMILES string of the molecule is COc1cc(C2(C(=O)O)CC2)c(Br)cc1O. The molecule has 1 aromatic rings. The van der Waals surface area contributed by atoms with Gasteiger partial charge in [-0.3, -0.25) is 4.79 Å². The highest BCUT2D eigenvalue weighted by Crippen LogP contribution is 2.52. The number of aromatic hydroxyl groups is 1. The maximum absolute atomic E-state index is 11.2. The van der Waals surface area contributed by atoms with Crippen LogP contribution in [0.3, 0.4) is 0 Å². The molecule has 0 radical (unpaired) electrons. The van der Waals surface area contributed by atoms with Crippen LogP contribution in [0.1, 0.15) is 18.4 Å². The molecule has 0 bridgehead atoms. The molecule has 1 aliphatic carbocycles. The summed E-state index contributed by atoms with van der Waals surface area (Å²) >= 11 is 3.28. The standard InChI is InChI=1S/C11H11BrO4/c1-16-9-4-6(7(12)5-8(9)13)11(2-3-11)10(14)15/h4-5,13H,2-3H2,1H3,(H,14,15). The van der Waals surface area contributed by atoms with Crippen molar-refractivity contribution in [3.63, 3.8) is 0 Å². The van der Waals surface area contributed by atoms with Gasteiger partial charge in [-0.1, -0.05) is 15.9 Å². The lowest BCUT2D eigenvalue weighted by molar-refractivity contribution is -0.140. The molecule has 0 atom stereocenters. The van der Waals surface area contributed by atoms with Crippen molar-refractivity contribution in [3.8, 4) is 11.5 Å². The molecule has 0 aliphatic heterocycles. The van der Waals surface area contributed by atoms with Gasteiger partial charge in [-0.2, -0.15) is 0 Å². The first-order chi connectivity index (χ1) is 7.51. The maximum atomic E-state index is 11.2. The molecular weight excluding hydrogens is 276 g/mol. The fourth-order valence-corrected chi connectivity index (χ4v) is 2.51. The second-order valence-corrected chi connectivity index (χ2v) is 4.75. The Morgan fingerprint density at radius 1 is 1.50 bits per heavy atom. The van der Waals surface area contributed by atoms with E-state index in [1.54, 1.807) is 6.07 Å². The van der Waals surface area contributed by atoms with Gasteiger partial charge in [0.2, 0.25) is 0 Å². The molecule has 86 valence electrons. The van der Waals surface area contributed by atoms with Crippen LogP contribution >= 0.6 is 15.9 Å². The van der Waals surface area contributed by atoms with Crippen molar-refractivity contribution in [3.05, 3.63) is 22.2 Å². The Morgan fingerprint density at radius 2 is 2.12 bits per heavy atom. The van der Waals surface area contributed by atoms with E-state index in [0.29, 0.717) is 28.6 Å². The molecule has 0 spiro atoms. The van der Waals surface area contributed by atoms with E-state index in [0.717, 1.165) is 0 Å². The third kappa shape index (κ3) is 1.55. The second-order valence-electron chi connectivity index (χ2n) is 3.89. The minimum absolute atomic E-state index is 0.000635. The molecule has 1 aliphatic rings. The number of aliphatic carboxylic acids is 1. The molecule has 16 heavy (non-hydrogen) atoms. The topological polar surface area (TPSA) is 66.8 Å². The van der Waals surface area contributed by atoms with E-state index in [2.05, 4.69) is 15.9 Å². The van der Waals surface area contributed by atoms with E-state index >= 15 is 0 Å². The maximum Gasteiger partial charge on any atom is 0.314 e. The first-order valence-corrected chi connectivity index (χ1v) is 5.61. The van der Waals surface area contributed by atoms with Gasteiger partial charge in [0.15, 0.2) is 11.5 Å². The van der Waals surface area contributed by atoms with Crippen LogP contribution in [-0.2, 0) is 10.2 Å². The first kappa shape index (κ1) is 11.3. The molecule has 2 N–H and O–H groups in total. The van der Waals surface area contributed by atoms with Crippen LogP contribution in [0.25, 0.3) is 0 Å². The monoisotopic (exact) mass is 286 g/mol. The Morgan fingerprint density at radius 3 is 2.56 bits per heavy atom. The number of hydrogen-bond donors (Lipinski definition) is 2. The average Bonchev–Trinajstić information content (AvgIpc) is 2.99. The zero-order chi connectivity index (χ0) is 11.9. The summed E-state index contributed by atoms with van der Waals surface area (Å²) < 4.78 is 5.58. The molecule has 2 rings (SSSR count). The number of phenolic OH excluding ortho intramolecular Hbond substituents is 1. The highest BCUT2D eigenvalue weighted by atomic mass is 79.9. The van der Waals surface area contributed by atoms with Crippen LogP contribution in [-0.4, -0.2) is 23.3 Å². The zero-order valence-electron chi connectivity index (χ0n) is 8.66. The third-order valence-corrected chi connectivity index (χ3v) is 3.60. The molecule has 0 saturated heterocycles. The highest BCUT2D eigenvalue weighted by Gasteiger charge is 2.53. The van der Waals surface area contributed by atoms with Crippen LogP contribution in [0, 0.1) is 0 Å². The summed E-state index contributed by atoms with van der Waals surface area (Å²) in [6, 6.07) is 3.05. The third-order valence-electron chi connectivity index (χ3n) is 2.94. The Balaban J connectivity index is 2.53. The Hall–Kier alpha value is -1.23. The van der Waals surface area contributed by atoms with E-state index in [1.165, 1.54) is 13.2 Å². The van der Waals surface area contributed by atoms with Crippen LogP contribution in [0.5, 0.6) is 11.5 Å². The average molecular weight is 287 g/mol. The number of carboxylic acid groups (broad SMARTS) is 1. The van der Waals surface area contributed by atoms with E-state index in [1.807, 2.05) is 0 Å². The summed E-state index contributed by atoms with van der Waals surface area (Å²) in [4.78, 5) is 11.2. The van der Waals surface area contributed by atoms with Crippen LogP contribution in [0.4, 0.5) is 0 Å². The quantitative estimate of drug-likeness (QED) is 0.895. The zero-order valence-corrected chi connectivity index (χ0v) is 10.2. The van der Waals surface area contributed by atoms with Crippen LogP contribution in [0.2, 0.25) is 0 Å². The van der Waals surface area contributed by atoms with E-state index in [9.17, 15) is 15.0 Å². The molecule has 4 nitrogen and oxygen atoms in total. The summed E-state index contributed by atoms with van der Waals surface area (Å²) in [5.74, 6) is -0.536. The number of ether oxygens (including phenoxy) is 1. The Kier molecular flexibility index (Phi) is 2.58. The number of halogens is 1. The van der Waals surface area contributed by atoms with Gasteiger partial charge in [0, 0.05) is 4.47 Å². The van der Waals surface area contributed by atoms with Gasteiger partial charge < -0.3 is 14.9 Å². The number of hydrogen-bond acceptors (Lipinski definition) is 3. The number of phenols is 1. The number of methoxy groups -OCH3 is 1. The first-order valence-electron chi connectivity index (χ1n) is 4.81. The predicted octanol–water partition coefficient (Wildman–Crippen LogP) is 2.28. The van der Waals surface area contributed by atoms with Gasteiger partial charge in [0.25, 0.3) is 0 Å². The van der Waals surface area contributed by atoms with Crippen LogP contribution in [0.15, 0.2) is 16.6 Å². The van der Waals surface area contributed by atoms with Crippen molar-refractivity contribution >= 4 is 21.9 Å². The van der Waals surface area contributed by atoms with Gasteiger partial charge >= 0.3 is 5.97 Å². The van der Waals surface area contributed by atoms with Crippen molar-refractivity contribution in [1.29, 1.82) is 0 Å². The van der Waals surface area contributed by atoms with Crippen molar-refractivity contribution in [2.45, 2.75) is 18.3 Å². The minimum Gasteiger partial charge on any atom is -0.504 e. The van der Waals surface area contributed by atoms with Gasteiger partial charge in [-0.05, 0) is 30.5 Å². The van der Waals surface area contributed by atoms with Crippen LogP contribution < -0.4 is 4.74 Å². The molecule has 1 aromatic carbocycles. The molecule has 0 heterocycles. The summed E-state index contributed by atoms with van der Waals surface area (Å²) in [6.07, 6.45) is 1.24. The van der Waals surface area contributed by atoms with Gasteiger partial charge in [-0.25, -0.2) is 0 Å².